The topological polar surface area (TPSA) is 129 Å². The van der Waals surface area contributed by atoms with Crippen LogP contribution in [-0.2, 0) is 14.4 Å². The number of carbonyl (C=O) groups is 2. The minimum absolute atomic E-state index is 0.113. The first-order valence-electron chi connectivity index (χ1n) is 16.1. The summed E-state index contributed by atoms with van der Waals surface area (Å²) in [5.74, 6) is 0.888. The minimum atomic E-state index is -0.765. The molecule has 1 heterocycles. The van der Waals surface area contributed by atoms with Gasteiger partial charge in [0.15, 0.2) is 0 Å². The fraction of sp³-hybridized carbons (Fsp3) is 0.600. The molecule has 3 aliphatic carbocycles. The van der Waals surface area contributed by atoms with Crippen molar-refractivity contribution in [2.45, 2.75) is 64.8 Å². The van der Waals surface area contributed by atoms with E-state index >= 15 is 0 Å². The molecule has 8 atom stereocenters. The maximum Gasteiger partial charge on any atom is 0.251 e. The first kappa shape index (κ1) is 34.7. The standard InChI is InChI=1S/C35H53N5O5/c1-21-28-17-26(35(28,3)4)18-29(21)38-34(43)32-31(22(2)41)30(19-36)45-40(32)13-11-9-10-12-23(20-44-8)24-14-25(33(42)37-5)16-27(15-24)39(6)7/h9-12,14-16,20-22,26,28-32,41H,13,17-19,36H2,1-8H3,(H,37,42)(H,38,43)/b11-9+,12-10-,23-20-/t21-,22-,26-,28-,29-,30-,31+,32-/m0/s1. The van der Waals surface area contributed by atoms with Crippen molar-refractivity contribution in [3.8, 4) is 0 Å². The molecule has 5 rings (SSSR count). The molecule has 0 unspecified atom stereocenters. The van der Waals surface area contributed by atoms with E-state index in [0.717, 1.165) is 23.2 Å². The fourth-order valence-corrected chi connectivity index (χ4v) is 7.59. The van der Waals surface area contributed by atoms with Crippen LogP contribution < -0.4 is 21.3 Å². The van der Waals surface area contributed by atoms with E-state index in [1.165, 1.54) is 6.42 Å². The van der Waals surface area contributed by atoms with Gasteiger partial charge in [-0.15, -0.1) is 0 Å². The van der Waals surface area contributed by atoms with Crippen LogP contribution in [0.15, 0.2) is 48.8 Å². The molecule has 1 aromatic carbocycles. The van der Waals surface area contributed by atoms with Gasteiger partial charge in [-0.3, -0.25) is 14.4 Å². The maximum absolute atomic E-state index is 13.8. The van der Waals surface area contributed by atoms with Crippen LogP contribution in [0.4, 0.5) is 5.69 Å². The Morgan fingerprint density at radius 2 is 1.93 bits per heavy atom. The summed E-state index contributed by atoms with van der Waals surface area (Å²) in [6, 6.07) is 5.11. The number of amides is 2. The van der Waals surface area contributed by atoms with Gasteiger partial charge in [-0.1, -0.05) is 45.1 Å². The molecule has 0 spiro atoms. The van der Waals surface area contributed by atoms with E-state index in [1.54, 1.807) is 32.4 Å². The molecule has 4 aliphatic rings. The van der Waals surface area contributed by atoms with Crippen molar-refractivity contribution in [1.82, 2.24) is 15.7 Å². The largest absolute Gasteiger partial charge is 0.504 e. The molecule has 10 heteroatoms. The van der Waals surface area contributed by atoms with Crippen LogP contribution in [0.25, 0.3) is 5.57 Å². The van der Waals surface area contributed by atoms with Crippen molar-refractivity contribution in [1.29, 1.82) is 0 Å². The zero-order chi connectivity index (χ0) is 33.1. The number of hydroxylamine groups is 2. The van der Waals surface area contributed by atoms with Crippen LogP contribution in [0, 0.1) is 29.1 Å². The van der Waals surface area contributed by atoms with Gasteiger partial charge >= 0.3 is 0 Å². The lowest BCUT2D eigenvalue weighted by atomic mass is 9.45. The van der Waals surface area contributed by atoms with E-state index in [1.807, 2.05) is 61.5 Å². The quantitative estimate of drug-likeness (QED) is 0.206. The molecule has 45 heavy (non-hydrogen) atoms. The number of nitrogens with one attached hydrogen (secondary N) is 2. The minimum Gasteiger partial charge on any atom is -0.504 e. The number of methoxy groups -OCH3 is 1. The highest BCUT2D eigenvalue weighted by Gasteiger charge is 2.57. The highest BCUT2D eigenvalue weighted by atomic mass is 16.7. The third kappa shape index (κ3) is 7.30. The summed E-state index contributed by atoms with van der Waals surface area (Å²) in [5.41, 5.74) is 9.41. The molecule has 1 aliphatic heterocycles. The van der Waals surface area contributed by atoms with E-state index in [9.17, 15) is 14.7 Å². The monoisotopic (exact) mass is 623 g/mol. The van der Waals surface area contributed by atoms with Gasteiger partial charge in [-0.05, 0) is 66.7 Å². The molecule has 2 amide bonds. The number of hydrogen-bond donors (Lipinski definition) is 4. The van der Waals surface area contributed by atoms with E-state index < -0.39 is 24.2 Å². The van der Waals surface area contributed by atoms with Gasteiger partial charge in [-0.2, -0.15) is 5.06 Å². The van der Waals surface area contributed by atoms with Crippen LogP contribution in [0.2, 0.25) is 0 Å². The van der Waals surface area contributed by atoms with Gasteiger partial charge in [0.1, 0.15) is 6.04 Å². The van der Waals surface area contributed by atoms with Crippen LogP contribution >= 0.6 is 0 Å². The molecule has 1 aromatic rings. The Balaban J connectivity index is 1.48. The van der Waals surface area contributed by atoms with Crippen molar-refractivity contribution in [3.05, 3.63) is 59.9 Å². The predicted octanol–water partition coefficient (Wildman–Crippen LogP) is 3.34. The third-order valence-corrected chi connectivity index (χ3v) is 10.4. The molecule has 3 saturated carbocycles. The normalized spacial score (nSPS) is 30.3. The van der Waals surface area contributed by atoms with Crippen LogP contribution in [0.1, 0.15) is 56.5 Å². The molecule has 2 bridgehead atoms. The summed E-state index contributed by atoms with van der Waals surface area (Å²) >= 11 is 0. The summed E-state index contributed by atoms with van der Waals surface area (Å²) in [4.78, 5) is 34.4. The lowest BCUT2D eigenvalue weighted by Crippen LogP contribution is -2.62. The highest BCUT2D eigenvalue weighted by Crippen LogP contribution is 2.61. The number of nitrogens with zero attached hydrogens (tertiary/aromatic N) is 2. The molecular formula is C35H53N5O5. The first-order valence-corrected chi connectivity index (χ1v) is 16.1. The number of allylic oxidation sites excluding steroid dienone is 4. The summed E-state index contributed by atoms with van der Waals surface area (Å²) in [7, 11) is 7.04. The van der Waals surface area contributed by atoms with Crippen molar-refractivity contribution in [2.75, 3.05) is 46.2 Å². The number of aliphatic hydroxyl groups excluding tert-OH is 1. The van der Waals surface area contributed by atoms with Crippen molar-refractivity contribution in [2.24, 2.45) is 34.8 Å². The van der Waals surface area contributed by atoms with Crippen LogP contribution in [0.5, 0.6) is 0 Å². The van der Waals surface area contributed by atoms with E-state index in [0.29, 0.717) is 35.3 Å². The average molecular weight is 624 g/mol. The lowest BCUT2D eigenvalue weighted by Gasteiger charge is -2.62. The predicted molar refractivity (Wildman–Crippen MR) is 178 cm³/mol. The first-order chi connectivity index (χ1) is 21.3. The Morgan fingerprint density at radius 3 is 2.51 bits per heavy atom. The molecule has 1 saturated heterocycles. The summed E-state index contributed by atoms with van der Waals surface area (Å²) in [6.45, 7) is 9.18. The number of aliphatic hydroxyl groups is 1. The van der Waals surface area contributed by atoms with E-state index in [4.69, 9.17) is 15.3 Å². The smallest absolute Gasteiger partial charge is 0.251 e. The molecule has 0 aromatic heterocycles. The molecule has 10 nitrogen and oxygen atoms in total. The maximum atomic E-state index is 13.8. The molecule has 5 N–H and O–H groups in total. The number of fused-ring (bicyclic) bond motifs is 2. The molecule has 0 radical (unpaired) electrons. The molecular weight excluding hydrogens is 570 g/mol. The van der Waals surface area contributed by atoms with Gasteiger partial charge in [-0.25, -0.2) is 0 Å². The second kappa shape index (κ2) is 14.5. The number of anilines is 1. The summed E-state index contributed by atoms with van der Waals surface area (Å²) in [5, 5.41) is 18.4. The number of rotatable bonds is 12. The second-order valence-electron chi connectivity index (χ2n) is 13.7. The van der Waals surface area contributed by atoms with Crippen molar-refractivity contribution < 1.29 is 24.3 Å². The zero-order valence-corrected chi connectivity index (χ0v) is 28.1. The molecule has 248 valence electrons. The zero-order valence-electron chi connectivity index (χ0n) is 28.1. The number of benzene rings is 1. The lowest BCUT2D eigenvalue weighted by molar-refractivity contribution is -0.165. The number of hydrogen-bond acceptors (Lipinski definition) is 8. The van der Waals surface area contributed by atoms with Gasteiger partial charge in [0, 0.05) is 63.0 Å². The van der Waals surface area contributed by atoms with E-state index in [2.05, 4.69) is 31.4 Å². The van der Waals surface area contributed by atoms with Gasteiger partial charge < -0.3 is 31.1 Å². The van der Waals surface area contributed by atoms with Crippen LogP contribution in [0.3, 0.4) is 0 Å². The Kier molecular flexibility index (Phi) is 11.2. The highest BCUT2D eigenvalue weighted by molar-refractivity contribution is 5.96. The molecule has 4 fully saturated rings. The Morgan fingerprint density at radius 1 is 1.22 bits per heavy atom. The summed E-state index contributed by atoms with van der Waals surface area (Å²) < 4.78 is 5.35. The summed E-state index contributed by atoms with van der Waals surface area (Å²) in [6.07, 6.45) is 10.2. The van der Waals surface area contributed by atoms with Gasteiger partial charge in [0.2, 0.25) is 5.91 Å². The fourth-order valence-electron chi connectivity index (χ4n) is 7.59. The number of carbonyl (C=O) groups excluding carboxylic acids is 2. The van der Waals surface area contributed by atoms with Crippen molar-refractivity contribution in [3.63, 3.8) is 0 Å². The van der Waals surface area contributed by atoms with Gasteiger partial charge in [0.05, 0.1) is 25.6 Å². The second-order valence-corrected chi connectivity index (χ2v) is 13.7. The van der Waals surface area contributed by atoms with Gasteiger partial charge in [0.25, 0.3) is 5.91 Å². The van der Waals surface area contributed by atoms with E-state index in [-0.39, 0.29) is 24.4 Å². The Bertz CT molecular complexity index is 1310. The number of nitrogens with two attached hydrogens (primary N) is 1. The Labute approximate surface area is 268 Å². The SMILES string of the molecule is CNC(=O)c1cc(C(/C=C\C=C\CN2O[C@@H](CN)[C@@H]([C@H](C)O)[C@H]2C(=O)N[C@H]2C[C@@H]3C[C@@H]([C@@H]2C)C3(C)C)=C\OC)cc(N(C)C)c1. The average Bonchev–Trinajstić information content (AvgIpc) is 3.39. The van der Waals surface area contributed by atoms with Crippen molar-refractivity contribution >= 4 is 23.1 Å². The number of ether oxygens (including phenoxy) is 1. The third-order valence-electron chi connectivity index (χ3n) is 10.4. The Hall–Kier alpha value is -3.18. The van der Waals surface area contributed by atoms with Crippen LogP contribution in [-0.4, -0.2) is 87.6 Å².